The summed E-state index contributed by atoms with van der Waals surface area (Å²) in [7, 11) is 0. The number of thiophene rings is 1. The van der Waals surface area contributed by atoms with Gasteiger partial charge in [-0.2, -0.15) is 21.0 Å². The van der Waals surface area contributed by atoms with Crippen molar-refractivity contribution in [3.8, 4) is 0 Å². The van der Waals surface area contributed by atoms with E-state index in [9.17, 15) is 5.11 Å². The zero-order valence-electron chi connectivity index (χ0n) is 13.4. The van der Waals surface area contributed by atoms with E-state index in [1.165, 1.54) is 5.56 Å². The van der Waals surface area contributed by atoms with Crippen molar-refractivity contribution in [1.29, 1.82) is 0 Å². The number of aromatic nitrogens is 3. The number of anilines is 1. The van der Waals surface area contributed by atoms with Gasteiger partial charge < -0.3 is 10.4 Å². The van der Waals surface area contributed by atoms with Crippen LogP contribution >= 0.6 is 11.3 Å². The van der Waals surface area contributed by atoms with Crippen LogP contribution in [0.3, 0.4) is 0 Å². The van der Waals surface area contributed by atoms with Gasteiger partial charge in [0.25, 0.3) is 0 Å². The van der Waals surface area contributed by atoms with Crippen molar-refractivity contribution < 1.29 is 5.11 Å². The van der Waals surface area contributed by atoms with Gasteiger partial charge in [-0.15, -0.1) is 0 Å². The molecule has 0 unspecified atom stereocenters. The second-order valence-electron chi connectivity index (χ2n) is 6.09. The molecule has 6 heteroatoms. The minimum Gasteiger partial charge on any atom is -0.396 e. The molecule has 0 saturated heterocycles. The van der Waals surface area contributed by atoms with Crippen LogP contribution in [0.1, 0.15) is 31.0 Å². The van der Waals surface area contributed by atoms with Crippen molar-refractivity contribution in [2.24, 2.45) is 5.92 Å². The van der Waals surface area contributed by atoms with Gasteiger partial charge >= 0.3 is 0 Å². The molecule has 0 aromatic carbocycles. The van der Waals surface area contributed by atoms with Gasteiger partial charge in [0.2, 0.25) is 0 Å². The molecule has 5 nitrogen and oxygen atoms in total. The van der Waals surface area contributed by atoms with Crippen LogP contribution in [0.2, 0.25) is 0 Å². The summed E-state index contributed by atoms with van der Waals surface area (Å²) in [5, 5.41) is 21.6. The van der Waals surface area contributed by atoms with Crippen LogP contribution in [0.4, 0.5) is 5.82 Å². The fraction of sp³-hybridized carbons (Fsp3) is 0.412. The highest BCUT2D eigenvalue weighted by molar-refractivity contribution is 7.07. The normalized spacial score (nSPS) is 12.9. The molecule has 3 rings (SSSR count). The monoisotopic (exact) mass is 330 g/mol. The van der Waals surface area contributed by atoms with Gasteiger partial charge in [-0.25, -0.2) is 4.98 Å². The van der Waals surface area contributed by atoms with Crippen LogP contribution in [0.15, 0.2) is 35.2 Å². The molecule has 0 radical (unpaired) electrons. The van der Waals surface area contributed by atoms with E-state index in [2.05, 4.69) is 46.1 Å². The van der Waals surface area contributed by atoms with Crippen molar-refractivity contribution >= 4 is 22.8 Å². The number of aliphatic hydroxyl groups excluding tert-OH is 1. The number of hydrogen-bond donors (Lipinski definition) is 2. The van der Waals surface area contributed by atoms with Crippen molar-refractivity contribution in [1.82, 2.24) is 14.6 Å². The zero-order chi connectivity index (χ0) is 16.2. The summed E-state index contributed by atoms with van der Waals surface area (Å²) in [5.41, 5.74) is 3.16. The SMILES string of the molecule is CC(C)c1cc(NC[C@H](CO)Cc2ccsc2)n2nccc2n1. The molecule has 3 aromatic heterocycles. The summed E-state index contributed by atoms with van der Waals surface area (Å²) in [6, 6.07) is 6.07. The molecule has 2 N–H and O–H groups in total. The molecule has 0 saturated carbocycles. The molecule has 3 aromatic rings. The Morgan fingerprint density at radius 2 is 2.22 bits per heavy atom. The minimum absolute atomic E-state index is 0.160. The number of hydrogen-bond acceptors (Lipinski definition) is 5. The fourth-order valence-corrected chi connectivity index (χ4v) is 3.23. The Morgan fingerprint density at radius 3 is 2.91 bits per heavy atom. The summed E-state index contributed by atoms with van der Waals surface area (Å²) in [6.45, 7) is 5.12. The second kappa shape index (κ2) is 7.10. The molecule has 23 heavy (non-hydrogen) atoms. The molecular formula is C17H22N4OS. The molecule has 122 valence electrons. The lowest BCUT2D eigenvalue weighted by molar-refractivity contribution is 0.232. The van der Waals surface area contributed by atoms with Crippen molar-refractivity contribution in [2.75, 3.05) is 18.5 Å². The van der Waals surface area contributed by atoms with Crippen LogP contribution in [0.5, 0.6) is 0 Å². The first-order valence-corrected chi connectivity index (χ1v) is 8.82. The molecule has 3 heterocycles. The van der Waals surface area contributed by atoms with Gasteiger partial charge in [0.15, 0.2) is 5.65 Å². The number of rotatable bonds is 7. The Kier molecular flexibility index (Phi) is 4.93. The highest BCUT2D eigenvalue weighted by Crippen LogP contribution is 2.19. The van der Waals surface area contributed by atoms with Crippen molar-refractivity contribution in [3.05, 3.63) is 46.4 Å². The van der Waals surface area contributed by atoms with Gasteiger partial charge in [0, 0.05) is 36.9 Å². The lowest BCUT2D eigenvalue weighted by Crippen LogP contribution is -2.21. The average molecular weight is 330 g/mol. The standard InChI is InChI=1S/C17H22N4OS/c1-12(2)15-8-17(21-16(20-15)3-5-19-21)18-9-14(10-22)7-13-4-6-23-11-13/h3-6,8,11-12,14,18,22H,7,9-10H2,1-2H3/t14-/m1/s1. The van der Waals surface area contributed by atoms with Crippen molar-refractivity contribution in [2.45, 2.75) is 26.2 Å². The molecule has 0 bridgehead atoms. The van der Waals surface area contributed by atoms with Crippen LogP contribution in [-0.2, 0) is 6.42 Å². The maximum atomic E-state index is 9.65. The Bertz CT molecular complexity index is 751. The van der Waals surface area contributed by atoms with Gasteiger partial charge in [0.1, 0.15) is 5.82 Å². The fourth-order valence-electron chi connectivity index (χ4n) is 2.55. The summed E-state index contributed by atoms with van der Waals surface area (Å²) < 4.78 is 1.81. The number of fused-ring (bicyclic) bond motifs is 1. The van der Waals surface area contributed by atoms with E-state index in [0.29, 0.717) is 12.5 Å². The Balaban J connectivity index is 1.76. The first-order valence-electron chi connectivity index (χ1n) is 7.88. The molecule has 1 atom stereocenters. The van der Waals surface area contributed by atoms with E-state index in [4.69, 9.17) is 0 Å². The molecule has 0 amide bonds. The van der Waals surface area contributed by atoms with E-state index >= 15 is 0 Å². The molecule has 0 aliphatic carbocycles. The number of nitrogens with zero attached hydrogens (tertiary/aromatic N) is 3. The van der Waals surface area contributed by atoms with Gasteiger partial charge in [0.05, 0.1) is 6.20 Å². The summed E-state index contributed by atoms with van der Waals surface area (Å²) in [5.74, 6) is 1.45. The largest absolute Gasteiger partial charge is 0.396 e. The molecule has 0 aliphatic rings. The highest BCUT2D eigenvalue weighted by atomic mass is 32.1. The first-order chi connectivity index (χ1) is 11.2. The number of aliphatic hydroxyl groups is 1. The smallest absolute Gasteiger partial charge is 0.157 e. The molecule has 0 aliphatic heterocycles. The third kappa shape index (κ3) is 3.71. The Morgan fingerprint density at radius 1 is 1.35 bits per heavy atom. The van der Waals surface area contributed by atoms with E-state index in [-0.39, 0.29) is 12.5 Å². The van der Waals surface area contributed by atoms with Crippen LogP contribution in [0.25, 0.3) is 5.65 Å². The lowest BCUT2D eigenvalue weighted by atomic mass is 10.0. The van der Waals surface area contributed by atoms with E-state index in [1.54, 1.807) is 17.5 Å². The van der Waals surface area contributed by atoms with E-state index < -0.39 is 0 Å². The van der Waals surface area contributed by atoms with Crippen molar-refractivity contribution in [3.63, 3.8) is 0 Å². The lowest BCUT2D eigenvalue weighted by Gasteiger charge is -2.17. The van der Waals surface area contributed by atoms with Crippen LogP contribution < -0.4 is 5.32 Å². The maximum Gasteiger partial charge on any atom is 0.157 e. The zero-order valence-corrected chi connectivity index (χ0v) is 14.3. The summed E-state index contributed by atoms with van der Waals surface area (Å²) in [6.07, 6.45) is 2.63. The third-order valence-corrected chi connectivity index (χ3v) is 4.64. The summed E-state index contributed by atoms with van der Waals surface area (Å²) in [4.78, 5) is 4.62. The molecule has 0 spiro atoms. The van der Waals surface area contributed by atoms with E-state index in [1.807, 2.05) is 16.6 Å². The average Bonchev–Trinajstić information content (AvgIpc) is 3.21. The molecular weight excluding hydrogens is 308 g/mol. The predicted octanol–water partition coefficient (Wildman–Crippen LogP) is 3.18. The first kappa shape index (κ1) is 16.0. The quantitative estimate of drug-likeness (QED) is 0.698. The highest BCUT2D eigenvalue weighted by Gasteiger charge is 2.12. The van der Waals surface area contributed by atoms with Gasteiger partial charge in [-0.1, -0.05) is 13.8 Å². The minimum atomic E-state index is 0.160. The topological polar surface area (TPSA) is 62.5 Å². The Hall–Kier alpha value is -1.92. The van der Waals surface area contributed by atoms with Crippen LogP contribution in [-0.4, -0.2) is 32.9 Å². The van der Waals surface area contributed by atoms with Gasteiger partial charge in [-0.05, 0) is 34.7 Å². The predicted molar refractivity (Wildman–Crippen MR) is 94.2 cm³/mol. The Labute approximate surface area is 140 Å². The summed E-state index contributed by atoms with van der Waals surface area (Å²) >= 11 is 1.69. The number of nitrogens with one attached hydrogen (secondary N) is 1. The third-order valence-electron chi connectivity index (χ3n) is 3.91. The second-order valence-corrected chi connectivity index (χ2v) is 6.87. The molecule has 0 fully saturated rings. The maximum absolute atomic E-state index is 9.65. The van der Waals surface area contributed by atoms with E-state index in [0.717, 1.165) is 23.6 Å². The van der Waals surface area contributed by atoms with Crippen LogP contribution in [0, 0.1) is 5.92 Å². The van der Waals surface area contributed by atoms with Gasteiger partial charge in [-0.3, -0.25) is 0 Å².